The summed E-state index contributed by atoms with van der Waals surface area (Å²) >= 11 is 0. The third-order valence-electron chi connectivity index (χ3n) is 4.19. The molecule has 2 aromatic rings. The lowest BCUT2D eigenvalue weighted by Crippen LogP contribution is -2.37. The van der Waals surface area contributed by atoms with Crippen LogP contribution in [0.15, 0.2) is 60.7 Å². The molecule has 112 valence electrons. The zero-order chi connectivity index (χ0) is 16.0. The molecular formula is C19H20N2O. The molecule has 0 heterocycles. The highest BCUT2D eigenvalue weighted by molar-refractivity contribution is 5.49. The average Bonchev–Trinajstić information content (AvgIpc) is 2.60. The highest BCUT2D eigenvalue weighted by Crippen LogP contribution is 2.36. The number of hydrogen-bond donors (Lipinski definition) is 0. The van der Waals surface area contributed by atoms with E-state index in [4.69, 9.17) is 0 Å². The van der Waals surface area contributed by atoms with E-state index in [1.54, 1.807) is 11.9 Å². The van der Waals surface area contributed by atoms with Crippen molar-refractivity contribution < 1.29 is 4.79 Å². The summed E-state index contributed by atoms with van der Waals surface area (Å²) in [4.78, 5) is 12.6. The maximum Gasteiger partial charge on any atom is 0.209 e. The maximum atomic E-state index is 11.0. The Morgan fingerprint density at radius 3 is 1.91 bits per heavy atom. The van der Waals surface area contributed by atoms with E-state index in [-0.39, 0.29) is 6.04 Å². The molecule has 0 saturated carbocycles. The molecule has 1 atom stereocenters. The smallest absolute Gasteiger partial charge is 0.209 e. The first-order chi connectivity index (χ1) is 10.6. The molecule has 2 rings (SSSR count). The summed E-state index contributed by atoms with van der Waals surface area (Å²) in [7, 11) is 1.75. The highest BCUT2D eigenvalue weighted by atomic mass is 16.1. The Balaban J connectivity index is 2.54. The van der Waals surface area contributed by atoms with Gasteiger partial charge in [0.1, 0.15) is 5.41 Å². The number of benzene rings is 2. The molecule has 0 unspecified atom stereocenters. The van der Waals surface area contributed by atoms with Crippen molar-refractivity contribution in [3.63, 3.8) is 0 Å². The first kappa shape index (κ1) is 15.8. The SMILES string of the molecule is C[C@@H](CC(C#N)(c1ccccc1)c1ccccc1)N(C)C=O. The van der Waals surface area contributed by atoms with Crippen LogP contribution in [0.2, 0.25) is 0 Å². The van der Waals surface area contributed by atoms with Crippen LogP contribution in [0.1, 0.15) is 24.5 Å². The standard InChI is InChI=1S/C19H20N2O/c1-16(21(2)15-22)13-19(14-20,17-9-5-3-6-10-17)18-11-7-4-8-12-18/h3-12,15-16H,13H2,1-2H3/t16-/m0/s1. The van der Waals surface area contributed by atoms with Gasteiger partial charge in [-0.1, -0.05) is 60.7 Å². The number of nitriles is 1. The van der Waals surface area contributed by atoms with Crippen LogP contribution in [0.25, 0.3) is 0 Å². The van der Waals surface area contributed by atoms with Gasteiger partial charge in [-0.25, -0.2) is 0 Å². The molecule has 1 amide bonds. The van der Waals surface area contributed by atoms with Gasteiger partial charge in [0.05, 0.1) is 6.07 Å². The predicted octanol–water partition coefficient (Wildman–Crippen LogP) is 3.36. The van der Waals surface area contributed by atoms with E-state index in [0.717, 1.165) is 17.5 Å². The lowest BCUT2D eigenvalue weighted by Gasteiger charge is -2.33. The topological polar surface area (TPSA) is 44.1 Å². The van der Waals surface area contributed by atoms with E-state index in [9.17, 15) is 10.1 Å². The molecule has 0 spiro atoms. The fraction of sp³-hybridized carbons (Fsp3) is 0.263. The summed E-state index contributed by atoms with van der Waals surface area (Å²) in [5, 5.41) is 10.0. The molecule has 22 heavy (non-hydrogen) atoms. The van der Waals surface area contributed by atoms with Crippen molar-refractivity contribution in [2.45, 2.75) is 24.8 Å². The van der Waals surface area contributed by atoms with Crippen molar-refractivity contribution in [2.24, 2.45) is 0 Å². The zero-order valence-electron chi connectivity index (χ0n) is 12.9. The molecular weight excluding hydrogens is 272 g/mol. The van der Waals surface area contributed by atoms with E-state index in [1.807, 2.05) is 67.6 Å². The summed E-state index contributed by atoms with van der Waals surface area (Å²) < 4.78 is 0. The van der Waals surface area contributed by atoms with Crippen LogP contribution in [-0.2, 0) is 10.2 Å². The van der Waals surface area contributed by atoms with Crippen LogP contribution in [0.3, 0.4) is 0 Å². The van der Waals surface area contributed by atoms with Crippen LogP contribution in [-0.4, -0.2) is 24.4 Å². The molecule has 3 nitrogen and oxygen atoms in total. The molecule has 0 aromatic heterocycles. The minimum absolute atomic E-state index is 0.0439. The van der Waals surface area contributed by atoms with Crippen molar-refractivity contribution in [1.82, 2.24) is 4.90 Å². The second-order valence-corrected chi connectivity index (χ2v) is 5.57. The van der Waals surface area contributed by atoms with Crippen molar-refractivity contribution >= 4 is 6.41 Å². The Bertz CT molecular complexity index is 607. The third kappa shape index (κ3) is 3.01. The Kier molecular flexibility index (Phi) is 4.95. The van der Waals surface area contributed by atoms with Crippen LogP contribution in [0.4, 0.5) is 0 Å². The lowest BCUT2D eigenvalue weighted by molar-refractivity contribution is -0.118. The Hall–Kier alpha value is -2.60. The van der Waals surface area contributed by atoms with Crippen molar-refractivity contribution in [2.75, 3.05) is 7.05 Å². The molecule has 0 aliphatic heterocycles. The van der Waals surface area contributed by atoms with Gasteiger partial charge in [0.2, 0.25) is 6.41 Å². The fourth-order valence-corrected chi connectivity index (χ4v) is 2.71. The summed E-state index contributed by atoms with van der Waals surface area (Å²) in [6.07, 6.45) is 1.36. The quantitative estimate of drug-likeness (QED) is 0.766. The molecule has 0 aliphatic rings. The zero-order valence-corrected chi connectivity index (χ0v) is 12.9. The first-order valence-corrected chi connectivity index (χ1v) is 7.33. The number of nitrogens with zero attached hydrogens (tertiary/aromatic N) is 2. The van der Waals surface area contributed by atoms with E-state index < -0.39 is 5.41 Å². The minimum Gasteiger partial charge on any atom is -0.346 e. The lowest BCUT2D eigenvalue weighted by atomic mass is 9.71. The van der Waals surface area contributed by atoms with Crippen LogP contribution >= 0.6 is 0 Å². The minimum atomic E-state index is -0.765. The van der Waals surface area contributed by atoms with Gasteiger partial charge in [-0.05, 0) is 24.5 Å². The summed E-state index contributed by atoms with van der Waals surface area (Å²) in [5.41, 5.74) is 1.14. The average molecular weight is 292 g/mol. The fourth-order valence-electron chi connectivity index (χ4n) is 2.71. The third-order valence-corrected chi connectivity index (χ3v) is 4.19. The molecule has 0 saturated heterocycles. The number of rotatable bonds is 6. The molecule has 0 radical (unpaired) electrons. The van der Waals surface area contributed by atoms with Crippen LogP contribution in [0, 0.1) is 11.3 Å². The highest BCUT2D eigenvalue weighted by Gasteiger charge is 2.36. The van der Waals surface area contributed by atoms with Crippen molar-refractivity contribution in [3.05, 3.63) is 71.8 Å². The second-order valence-electron chi connectivity index (χ2n) is 5.57. The Labute approximate surface area is 131 Å². The van der Waals surface area contributed by atoms with Gasteiger partial charge in [-0.3, -0.25) is 4.79 Å². The number of carbonyl (C=O) groups excluding carboxylic acids is 1. The predicted molar refractivity (Wildman–Crippen MR) is 87.2 cm³/mol. The van der Waals surface area contributed by atoms with Gasteiger partial charge in [0.15, 0.2) is 0 Å². The molecule has 3 heteroatoms. The molecule has 0 fully saturated rings. The van der Waals surface area contributed by atoms with E-state index in [2.05, 4.69) is 6.07 Å². The normalized spacial score (nSPS) is 12.2. The number of carbonyl (C=O) groups is 1. The van der Waals surface area contributed by atoms with Gasteiger partial charge in [0.25, 0.3) is 0 Å². The monoisotopic (exact) mass is 292 g/mol. The van der Waals surface area contributed by atoms with Crippen molar-refractivity contribution in [3.8, 4) is 6.07 Å². The molecule has 2 aromatic carbocycles. The largest absolute Gasteiger partial charge is 0.346 e. The van der Waals surface area contributed by atoms with E-state index >= 15 is 0 Å². The molecule has 0 N–H and O–H groups in total. The van der Waals surface area contributed by atoms with Gasteiger partial charge in [-0.2, -0.15) is 5.26 Å². The van der Waals surface area contributed by atoms with Crippen LogP contribution < -0.4 is 0 Å². The first-order valence-electron chi connectivity index (χ1n) is 7.33. The Morgan fingerprint density at radius 1 is 1.09 bits per heavy atom. The Morgan fingerprint density at radius 2 is 1.55 bits per heavy atom. The molecule has 0 aliphatic carbocycles. The van der Waals surface area contributed by atoms with Gasteiger partial charge in [-0.15, -0.1) is 0 Å². The van der Waals surface area contributed by atoms with Crippen LogP contribution in [0.5, 0.6) is 0 Å². The van der Waals surface area contributed by atoms with Crippen molar-refractivity contribution in [1.29, 1.82) is 5.26 Å². The van der Waals surface area contributed by atoms with Gasteiger partial charge in [0, 0.05) is 13.1 Å². The summed E-state index contributed by atoms with van der Waals surface area (Å²) in [6, 6.07) is 22.0. The summed E-state index contributed by atoms with van der Waals surface area (Å²) in [5.74, 6) is 0. The maximum absolute atomic E-state index is 11.0. The summed E-state index contributed by atoms with van der Waals surface area (Å²) in [6.45, 7) is 1.96. The van der Waals surface area contributed by atoms with Gasteiger partial charge < -0.3 is 4.90 Å². The number of hydrogen-bond acceptors (Lipinski definition) is 2. The molecule has 0 bridgehead atoms. The van der Waals surface area contributed by atoms with E-state index in [1.165, 1.54) is 0 Å². The van der Waals surface area contributed by atoms with E-state index in [0.29, 0.717) is 6.42 Å². The number of amides is 1. The van der Waals surface area contributed by atoms with Gasteiger partial charge >= 0.3 is 0 Å². The second kappa shape index (κ2) is 6.91.